The molecule has 1 rings (SSSR count). The number of hydrogen-bond donors (Lipinski definition) is 2. The van der Waals surface area contributed by atoms with Crippen LogP contribution in [0.25, 0.3) is 6.08 Å². The minimum absolute atomic E-state index is 0.195. The smallest absolute Gasteiger partial charge is 0.148 e. The van der Waals surface area contributed by atoms with Crippen molar-refractivity contribution < 1.29 is 8.60 Å². The Morgan fingerprint density at radius 1 is 1.62 bits per heavy atom. The lowest BCUT2D eigenvalue weighted by atomic mass is 10.0. The molecule has 0 aromatic heterocycles. The molecule has 0 saturated heterocycles. The molecule has 1 aromatic carbocycles. The van der Waals surface area contributed by atoms with E-state index in [2.05, 4.69) is 11.3 Å². The summed E-state index contributed by atoms with van der Waals surface area (Å²) in [5.41, 5.74) is 7.11. The Hall–Kier alpha value is -1.20. The SMILES string of the molecule is C=Cc1cc(C(C)N)cc(F)c1NS(C)=O. The highest BCUT2D eigenvalue weighted by atomic mass is 32.2. The molecule has 2 atom stereocenters. The fourth-order valence-corrected chi connectivity index (χ4v) is 1.83. The van der Waals surface area contributed by atoms with Gasteiger partial charge in [0, 0.05) is 17.9 Å². The lowest BCUT2D eigenvalue weighted by Crippen LogP contribution is -2.09. The molecule has 16 heavy (non-hydrogen) atoms. The lowest BCUT2D eigenvalue weighted by molar-refractivity contribution is 0.626. The highest BCUT2D eigenvalue weighted by molar-refractivity contribution is 7.85. The number of rotatable bonds is 4. The zero-order valence-electron chi connectivity index (χ0n) is 9.29. The molecule has 0 aliphatic heterocycles. The second kappa shape index (κ2) is 5.23. The first-order valence-electron chi connectivity index (χ1n) is 4.77. The monoisotopic (exact) mass is 242 g/mol. The van der Waals surface area contributed by atoms with E-state index in [1.807, 2.05) is 0 Å². The van der Waals surface area contributed by atoms with E-state index in [9.17, 15) is 8.60 Å². The molecule has 3 nitrogen and oxygen atoms in total. The van der Waals surface area contributed by atoms with Crippen molar-refractivity contribution in [3.05, 3.63) is 35.7 Å². The zero-order chi connectivity index (χ0) is 12.3. The average Bonchev–Trinajstić information content (AvgIpc) is 2.19. The second-order valence-electron chi connectivity index (χ2n) is 3.52. The van der Waals surface area contributed by atoms with Crippen LogP contribution >= 0.6 is 0 Å². The van der Waals surface area contributed by atoms with Crippen molar-refractivity contribution in [2.75, 3.05) is 11.0 Å². The van der Waals surface area contributed by atoms with E-state index >= 15 is 0 Å². The van der Waals surface area contributed by atoms with Crippen molar-refractivity contribution in [2.24, 2.45) is 5.73 Å². The Kier molecular flexibility index (Phi) is 4.20. The van der Waals surface area contributed by atoms with Gasteiger partial charge in [-0.1, -0.05) is 12.7 Å². The lowest BCUT2D eigenvalue weighted by Gasteiger charge is -2.13. The van der Waals surface area contributed by atoms with Gasteiger partial charge >= 0.3 is 0 Å². The quantitative estimate of drug-likeness (QED) is 0.850. The van der Waals surface area contributed by atoms with Crippen LogP contribution in [0.4, 0.5) is 10.1 Å². The molecule has 0 heterocycles. The van der Waals surface area contributed by atoms with E-state index < -0.39 is 16.8 Å². The molecule has 0 fully saturated rings. The summed E-state index contributed by atoms with van der Waals surface area (Å²) >= 11 is 0. The second-order valence-corrected chi connectivity index (χ2v) is 4.63. The maximum Gasteiger partial charge on any atom is 0.148 e. The summed E-state index contributed by atoms with van der Waals surface area (Å²) in [6.07, 6.45) is 2.94. The minimum atomic E-state index is -1.33. The van der Waals surface area contributed by atoms with Gasteiger partial charge in [0.15, 0.2) is 0 Å². The summed E-state index contributed by atoms with van der Waals surface area (Å²) in [7, 11) is -1.33. The summed E-state index contributed by atoms with van der Waals surface area (Å²) in [6, 6.07) is 2.82. The van der Waals surface area contributed by atoms with Gasteiger partial charge in [0.25, 0.3) is 0 Å². The predicted octanol–water partition coefficient (Wildman–Crippen LogP) is 2.19. The van der Waals surface area contributed by atoms with Gasteiger partial charge in [-0.25, -0.2) is 8.60 Å². The molecule has 2 unspecified atom stereocenters. The van der Waals surface area contributed by atoms with Crippen LogP contribution in [0.3, 0.4) is 0 Å². The molecular formula is C11H15FN2OS. The van der Waals surface area contributed by atoms with Crippen LogP contribution in [0.5, 0.6) is 0 Å². The molecule has 1 aromatic rings. The van der Waals surface area contributed by atoms with E-state index in [0.29, 0.717) is 11.1 Å². The van der Waals surface area contributed by atoms with Crippen molar-refractivity contribution in [3.63, 3.8) is 0 Å². The van der Waals surface area contributed by atoms with Gasteiger partial charge in [0.05, 0.1) is 5.69 Å². The molecule has 0 aliphatic carbocycles. The van der Waals surface area contributed by atoms with Crippen LogP contribution in [-0.2, 0) is 11.0 Å². The summed E-state index contributed by atoms with van der Waals surface area (Å²) in [4.78, 5) is 0. The molecule has 5 heteroatoms. The maximum absolute atomic E-state index is 13.7. The molecule has 0 radical (unpaired) electrons. The third-order valence-corrected chi connectivity index (χ3v) is 2.63. The van der Waals surface area contributed by atoms with E-state index in [4.69, 9.17) is 5.73 Å². The Balaban J connectivity index is 3.28. The van der Waals surface area contributed by atoms with Gasteiger partial charge < -0.3 is 10.5 Å². The molecule has 0 spiro atoms. The molecule has 0 amide bonds. The first kappa shape index (κ1) is 12.9. The molecule has 0 bridgehead atoms. The highest BCUT2D eigenvalue weighted by Crippen LogP contribution is 2.25. The normalized spacial score (nSPS) is 14.2. The summed E-state index contributed by atoms with van der Waals surface area (Å²) in [5, 5.41) is 0. The standard InChI is InChI=1S/C11H15FN2OS/c1-4-8-5-9(7(2)13)6-10(12)11(8)14-16(3)15/h4-7,14H,1,13H2,2-3H3. The molecule has 3 N–H and O–H groups in total. The van der Waals surface area contributed by atoms with Crippen molar-refractivity contribution in [1.82, 2.24) is 0 Å². The van der Waals surface area contributed by atoms with Gasteiger partial charge in [-0.05, 0) is 24.6 Å². The van der Waals surface area contributed by atoms with Crippen LogP contribution < -0.4 is 10.5 Å². The van der Waals surface area contributed by atoms with Crippen LogP contribution in [0, 0.1) is 5.82 Å². The number of benzene rings is 1. The number of nitrogens with one attached hydrogen (secondary N) is 1. The van der Waals surface area contributed by atoms with E-state index in [1.54, 1.807) is 13.0 Å². The van der Waals surface area contributed by atoms with Crippen molar-refractivity contribution in [1.29, 1.82) is 0 Å². The number of hydrogen-bond acceptors (Lipinski definition) is 2. The maximum atomic E-state index is 13.7. The fourth-order valence-electron chi connectivity index (χ4n) is 1.33. The number of halogens is 1. The number of anilines is 1. The Bertz CT molecular complexity index is 432. The first-order chi connectivity index (χ1) is 7.45. The van der Waals surface area contributed by atoms with Gasteiger partial charge in [-0.3, -0.25) is 0 Å². The van der Waals surface area contributed by atoms with Gasteiger partial charge in [0.2, 0.25) is 0 Å². The minimum Gasteiger partial charge on any atom is -0.324 e. The average molecular weight is 242 g/mol. The highest BCUT2D eigenvalue weighted by Gasteiger charge is 2.11. The molecule has 88 valence electrons. The largest absolute Gasteiger partial charge is 0.324 e. The van der Waals surface area contributed by atoms with Crippen LogP contribution in [0.15, 0.2) is 18.7 Å². The molecular weight excluding hydrogens is 227 g/mol. The first-order valence-corrected chi connectivity index (χ1v) is 6.33. The van der Waals surface area contributed by atoms with Crippen LogP contribution in [0.1, 0.15) is 24.1 Å². The topological polar surface area (TPSA) is 55.1 Å². The molecule has 0 saturated carbocycles. The van der Waals surface area contributed by atoms with Crippen molar-refractivity contribution in [3.8, 4) is 0 Å². The van der Waals surface area contributed by atoms with Gasteiger partial charge in [0.1, 0.15) is 16.8 Å². The third kappa shape index (κ3) is 2.90. The zero-order valence-corrected chi connectivity index (χ0v) is 10.1. The van der Waals surface area contributed by atoms with Gasteiger partial charge in [-0.15, -0.1) is 0 Å². The third-order valence-electron chi connectivity index (χ3n) is 2.13. The van der Waals surface area contributed by atoms with Gasteiger partial charge in [-0.2, -0.15) is 0 Å². The summed E-state index contributed by atoms with van der Waals surface area (Å²) in [5.74, 6) is -0.472. The summed E-state index contributed by atoms with van der Waals surface area (Å²) < 4.78 is 27.3. The van der Waals surface area contributed by atoms with E-state index in [1.165, 1.54) is 18.4 Å². The fraction of sp³-hybridized carbons (Fsp3) is 0.273. The van der Waals surface area contributed by atoms with Crippen molar-refractivity contribution >= 4 is 22.7 Å². The van der Waals surface area contributed by atoms with E-state index in [-0.39, 0.29) is 11.7 Å². The van der Waals surface area contributed by atoms with E-state index in [0.717, 1.165) is 0 Å². The molecule has 0 aliphatic rings. The van der Waals surface area contributed by atoms with Crippen LogP contribution in [-0.4, -0.2) is 10.5 Å². The Morgan fingerprint density at radius 2 is 2.25 bits per heavy atom. The number of nitrogens with two attached hydrogens (primary N) is 1. The summed E-state index contributed by atoms with van der Waals surface area (Å²) in [6.45, 7) is 5.36. The Labute approximate surface area is 97.1 Å². The predicted molar refractivity (Wildman–Crippen MR) is 66.8 cm³/mol. The Morgan fingerprint density at radius 3 is 2.69 bits per heavy atom. The van der Waals surface area contributed by atoms with Crippen LogP contribution in [0.2, 0.25) is 0 Å². The van der Waals surface area contributed by atoms with Crippen molar-refractivity contribution in [2.45, 2.75) is 13.0 Å².